The van der Waals surface area contributed by atoms with Crippen molar-refractivity contribution in [1.82, 2.24) is 5.32 Å². The van der Waals surface area contributed by atoms with E-state index in [1.54, 1.807) is 0 Å². The molecule has 4 atom stereocenters. The summed E-state index contributed by atoms with van der Waals surface area (Å²) >= 11 is 0. The van der Waals surface area contributed by atoms with Crippen LogP contribution in [0.3, 0.4) is 0 Å². The van der Waals surface area contributed by atoms with Crippen molar-refractivity contribution >= 4 is 17.7 Å². The molecule has 132 valence electrons. The number of hydrogen-bond acceptors (Lipinski definition) is 5. The van der Waals surface area contributed by atoms with Gasteiger partial charge in [-0.15, -0.1) is 0 Å². The topological polar surface area (TPSA) is 81.7 Å². The summed E-state index contributed by atoms with van der Waals surface area (Å²) in [6.45, 7) is 8.71. The maximum Gasteiger partial charge on any atom is 0.302 e. The Bertz CT molecular complexity index is 435. The molecule has 23 heavy (non-hydrogen) atoms. The molecule has 1 heterocycles. The van der Waals surface area contributed by atoms with Crippen molar-refractivity contribution in [3.05, 3.63) is 0 Å². The van der Waals surface area contributed by atoms with Crippen molar-refractivity contribution in [1.29, 1.82) is 0 Å². The molecule has 0 unspecified atom stereocenters. The average molecular weight is 327 g/mol. The summed E-state index contributed by atoms with van der Waals surface area (Å²) in [5.74, 6) is -0.0515. The third-order valence-corrected chi connectivity index (χ3v) is 3.97. The molecule has 0 aromatic carbocycles. The second kappa shape index (κ2) is 9.01. The number of nitrogens with one attached hydrogen (secondary N) is 1. The standard InChI is InChI=1S/C17H29NO5/c1-10(2)6-16-15(18-12(4)20)8-14(7-11(3)19)17(23-16)9-22-13(5)21/h10,14-17H,6-9H2,1-5H3,(H,18,20)/t14-,15+,16+,17+/m0/s1. The lowest BCUT2D eigenvalue weighted by molar-refractivity contribution is -0.161. The van der Waals surface area contributed by atoms with Crippen LogP contribution in [-0.2, 0) is 23.9 Å². The van der Waals surface area contributed by atoms with E-state index >= 15 is 0 Å². The number of carbonyl (C=O) groups is 3. The largest absolute Gasteiger partial charge is 0.463 e. The van der Waals surface area contributed by atoms with Gasteiger partial charge in [0.25, 0.3) is 0 Å². The van der Waals surface area contributed by atoms with Crippen molar-refractivity contribution in [2.75, 3.05) is 6.61 Å². The molecule has 0 aromatic heterocycles. The molecule has 1 fully saturated rings. The first kappa shape index (κ1) is 19.6. The highest BCUT2D eigenvalue weighted by Gasteiger charge is 2.39. The fraction of sp³-hybridized carbons (Fsp3) is 0.824. The van der Waals surface area contributed by atoms with Crippen LogP contribution >= 0.6 is 0 Å². The van der Waals surface area contributed by atoms with Crippen molar-refractivity contribution in [3.63, 3.8) is 0 Å². The molecule has 0 spiro atoms. The van der Waals surface area contributed by atoms with Gasteiger partial charge in [0, 0.05) is 20.3 Å². The number of carbonyl (C=O) groups excluding carboxylic acids is 3. The molecule has 1 aliphatic rings. The van der Waals surface area contributed by atoms with Crippen LogP contribution in [0.1, 0.15) is 53.9 Å². The van der Waals surface area contributed by atoms with Crippen LogP contribution in [0, 0.1) is 11.8 Å². The van der Waals surface area contributed by atoms with E-state index in [0.29, 0.717) is 18.8 Å². The molecule has 1 aliphatic heterocycles. The number of Topliss-reactive ketones (excluding diaryl/α,β-unsaturated/α-hetero) is 1. The highest BCUT2D eigenvalue weighted by Crippen LogP contribution is 2.31. The van der Waals surface area contributed by atoms with Crippen LogP contribution in [0.5, 0.6) is 0 Å². The molecule has 1 saturated heterocycles. The Morgan fingerprint density at radius 1 is 1.17 bits per heavy atom. The predicted octanol–water partition coefficient (Wildman–Crippen LogP) is 1.85. The number of ketones is 1. The molecule has 6 heteroatoms. The summed E-state index contributed by atoms with van der Waals surface area (Å²) in [6, 6.07) is -0.118. The number of ether oxygens (including phenoxy) is 2. The molecule has 0 radical (unpaired) electrons. The van der Waals surface area contributed by atoms with Gasteiger partial charge in [0.2, 0.25) is 5.91 Å². The fourth-order valence-corrected chi connectivity index (χ4v) is 3.12. The summed E-state index contributed by atoms with van der Waals surface area (Å²) in [5, 5.41) is 2.94. The molecular formula is C17H29NO5. The Morgan fingerprint density at radius 2 is 1.83 bits per heavy atom. The number of rotatable bonds is 7. The zero-order chi connectivity index (χ0) is 17.6. The van der Waals surface area contributed by atoms with Gasteiger partial charge >= 0.3 is 5.97 Å². The van der Waals surface area contributed by atoms with Gasteiger partial charge in [0.15, 0.2) is 0 Å². The van der Waals surface area contributed by atoms with Crippen LogP contribution in [0.25, 0.3) is 0 Å². The lowest BCUT2D eigenvalue weighted by Crippen LogP contribution is -2.54. The summed E-state index contributed by atoms with van der Waals surface area (Å²) in [4.78, 5) is 34.1. The van der Waals surface area contributed by atoms with Crippen LogP contribution < -0.4 is 5.32 Å². The molecule has 1 N–H and O–H groups in total. The third kappa shape index (κ3) is 7.12. The molecule has 0 saturated carbocycles. The van der Waals surface area contributed by atoms with E-state index in [1.807, 2.05) is 0 Å². The second-order valence-electron chi connectivity index (χ2n) is 6.85. The summed E-state index contributed by atoms with van der Waals surface area (Å²) < 4.78 is 11.2. The van der Waals surface area contributed by atoms with Gasteiger partial charge in [-0.1, -0.05) is 13.8 Å². The predicted molar refractivity (Wildman–Crippen MR) is 85.8 cm³/mol. The Labute approximate surface area is 138 Å². The van der Waals surface area contributed by atoms with E-state index in [4.69, 9.17) is 9.47 Å². The smallest absolute Gasteiger partial charge is 0.302 e. The molecule has 1 rings (SSSR count). The van der Waals surface area contributed by atoms with Crippen LogP contribution in [0.4, 0.5) is 0 Å². The van der Waals surface area contributed by atoms with Crippen LogP contribution in [-0.4, -0.2) is 42.5 Å². The van der Waals surface area contributed by atoms with E-state index < -0.39 is 0 Å². The van der Waals surface area contributed by atoms with Gasteiger partial charge in [-0.05, 0) is 31.6 Å². The Balaban J connectivity index is 2.87. The van der Waals surface area contributed by atoms with Gasteiger partial charge in [0.1, 0.15) is 12.4 Å². The lowest BCUT2D eigenvalue weighted by atomic mass is 9.83. The molecule has 0 aliphatic carbocycles. The van der Waals surface area contributed by atoms with E-state index in [-0.39, 0.29) is 48.4 Å². The molecule has 1 amide bonds. The quantitative estimate of drug-likeness (QED) is 0.722. The molecular weight excluding hydrogens is 298 g/mol. The monoisotopic (exact) mass is 327 g/mol. The van der Waals surface area contributed by atoms with E-state index in [0.717, 1.165) is 6.42 Å². The maximum absolute atomic E-state index is 11.5. The maximum atomic E-state index is 11.5. The minimum absolute atomic E-state index is 0.0629. The summed E-state index contributed by atoms with van der Waals surface area (Å²) in [6.07, 6.45) is 1.37. The zero-order valence-corrected chi connectivity index (χ0v) is 14.8. The Hall–Kier alpha value is -1.43. The van der Waals surface area contributed by atoms with Gasteiger partial charge in [0.05, 0.1) is 18.2 Å². The first-order valence-corrected chi connectivity index (χ1v) is 8.24. The minimum atomic E-state index is -0.362. The summed E-state index contributed by atoms with van der Waals surface area (Å²) in [5.41, 5.74) is 0. The van der Waals surface area contributed by atoms with Crippen molar-refractivity contribution in [3.8, 4) is 0 Å². The third-order valence-electron chi connectivity index (χ3n) is 3.97. The number of esters is 1. The lowest BCUT2D eigenvalue weighted by Gasteiger charge is -2.42. The Kier molecular flexibility index (Phi) is 7.68. The van der Waals surface area contributed by atoms with E-state index in [1.165, 1.54) is 20.8 Å². The number of hydrogen-bond donors (Lipinski definition) is 1. The van der Waals surface area contributed by atoms with E-state index in [9.17, 15) is 14.4 Å². The van der Waals surface area contributed by atoms with Gasteiger partial charge in [-0.2, -0.15) is 0 Å². The highest BCUT2D eigenvalue weighted by atomic mass is 16.6. The SMILES string of the molecule is CC(=O)C[C@H]1C[C@@H](NC(C)=O)[C@@H](CC(C)C)O[C@@H]1COC(C)=O. The normalized spacial score (nSPS) is 27.6. The zero-order valence-electron chi connectivity index (χ0n) is 14.8. The fourth-order valence-electron chi connectivity index (χ4n) is 3.12. The first-order valence-electron chi connectivity index (χ1n) is 8.24. The second-order valence-corrected chi connectivity index (χ2v) is 6.85. The van der Waals surface area contributed by atoms with Crippen LogP contribution in [0.15, 0.2) is 0 Å². The minimum Gasteiger partial charge on any atom is -0.463 e. The van der Waals surface area contributed by atoms with Gasteiger partial charge in [-0.25, -0.2) is 0 Å². The first-order chi connectivity index (χ1) is 10.7. The molecule has 0 aromatic rings. The number of amides is 1. The van der Waals surface area contributed by atoms with Gasteiger partial charge in [-0.3, -0.25) is 9.59 Å². The highest BCUT2D eigenvalue weighted by molar-refractivity contribution is 5.76. The summed E-state index contributed by atoms with van der Waals surface area (Å²) in [7, 11) is 0. The average Bonchev–Trinajstić information content (AvgIpc) is 2.38. The Morgan fingerprint density at radius 3 is 2.30 bits per heavy atom. The van der Waals surface area contributed by atoms with Gasteiger partial charge < -0.3 is 19.6 Å². The van der Waals surface area contributed by atoms with Crippen molar-refractivity contribution in [2.45, 2.75) is 72.1 Å². The van der Waals surface area contributed by atoms with Crippen LogP contribution in [0.2, 0.25) is 0 Å². The van der Waals surface area contributed by atoms with Crippen molar-refractivity contribution in [2.24, 2.45) is 11.8 Å². The molecule has 6 nitrogen and oxygen atoms in total. The van der Waals surface area contributed by atoms with Crippen molar-refractivity contribution < 1.29 is 23.9 Å². The van der Waals surface area contributed by atoms with E-state index in [2.05, 4.69) is 19.2 Å². The molecule has 0 bridgehead atoms.